The molecule has 0 saturated heterocycles. The molecule has 1 N–H and O–H groups in total. The fourth-order valence-electron chi connectivity index (χ4n) is 1.30. The lowest BCUT2D eigenvalue weighted by Gasteiger charge is -2.07. The van der Waals surface area contributed by atoms with Gasteiger partial charge in [-0.2, -0.15) is 0 Å². The molecule has 0 heterocycles. The number of ether oxygens (including phenoxy) is 2. The molecule has 0 aromatic heterocycles. The Balaban J connectivity index is 2.97. The van der Waals surface area contributed by atoms with Gasteiger partial charge in [0.15, 0.2) is 0 Å². The van der Waals surface area contributed by atoms with Gasteiger partial charge in [0.05, 0.1) is 18.7 Å². The predicted octanol–water partition coefficient (Wildman–Crippen LogP) is 2.38. The maximum atomic E-state index is 11.2. The van der Waals surface area contributed by atoms with Gasteiger partial charge in [0.1, 0.15) is 11.5 Å². The number of ketones is 1. The minimum atomic E-state index is -1.05. The molecule has 1 aromatic rings. The molecular weight excluding hydrogens is 272 g/mol. The van der Waals surface area contributed by atoms with E-state index in [1.807, 2.05) is 6.92 Å². The molecule has 0 aliphatic carbocycles. The molecule has 6 heteroatoms. The van der Waals surface area contributed by atoms with Crippen molar-refractivity contribution >= 4 is 29.1 Å². The van der Waals surface area contributed by atoms with Crippen LogP contribution in [0.3, 0.4) is 0 Å². The van der Waals surface area contributed by atoms with Gasteiger partial charge in [0.25, 0.3) is 5.78 Å². The Labute approximate surface area is 115 Å². The molecule has 102 valence electrons. The molecule has 0 amide bonds. The van der Waals surface area contributed by atoms with Crippen molar-refractivity contribution in [1.29, 1.82) is 0 Å². The SMILES string of the molecule is CCOc1ccc(C(O)=CC(=O)C(=O)OC)cc1Cl. The molecule has 1 aromatic carbocycles. The number of aliphatic hydroxyl groups excluding tert-OH is 1. The van der Waals surface area contributed by atoms with Gasteiger partial charge in [-0.05, 0) is 25.1 Å². The van der Waals surface area contributed by atoms with E-state index >= 15 is 0 Å². The predicted molar refractivity (Wildman–Crippen MR) is 70.2 cm³/mol. The van der Waals surface area contributed by atoms with Crippen molar-refractivity contribution in [2.45, 2.75) is 6.92 Å². The summed E-state index contributed by atoms with van der Waals surface area (Å²) in [5.74, 6) is -1.91. The van der Waals surface area contributed by atoms with Gasteiger partial charge < -0.3 is 14.6 Å². The molecule has 0 fully saturated rings. The van der Waals surface area contributed by atoms with Gasteiger partial charge in [-0.3, -0.25) is 4.79 Å². The van der Waals surface area contributed by atoms with Gasteiger partial charge >= 0.3 is 5.97 Å². The molecule has 0 saturated carbocycles. The summed E-state index contributed by atoms with van der Waals surface area (Å²) < 4.78 is 9.47. The van der Waals surface area contributed by atoms with Crippen LogP contribution in [0.15, 0.2) is 24.3 Å². The molecule has 0 radical (unpaired) electrons. The summed E-state index contributed by atoms with van der Waals surface area (Å²) in [6, 6.07) is 4.52. The van der Waals surface area contributed by atoms with Crippen molar-refractivity contribution in [3.8, 4) is 5.75 Å². The smallest absolute Gasteiger partial charge is 0.378 e. The second-order valence-corrected chi connectivity index (χ2v) is 3.87. The van der Waals surface area contributed by atoms with Crippen LogP contribution in [0.1, 0.15) is 12.5 Å². The minimum Gasteiger partial charge on any atom is -0.507 e. The van der Waals surface area contributed by atoms with E-state index in [1.165, 1.54) is 12.1 Å². The first kappa shape index (κ1) is 15.0. The van der Waals surface area contributed by atoms with Crippen LogP contribution in [0.2, 0.25) is 5.02 Å². The zero-order chi connectivity index (χ0) is 14.4. The van der Waals surface area contributed by atoms with Crippen LogP contribution in [-0.2, 0) is 14.3 Å². The average Bonchev–Trinajstić information content (AvgIpc) is 2.40. The summed E-state index contributed by atoms with van der Waals surface area (Å²) in [5.41, 5.74) is 0.297. The summed E-state index contributed by atoms with van der Waals surface area (Å²) in [4.78, 5) is 22.2. The molecule has 19 heavy (non-hydrogen) atoms. The number of methoxy groups -OCH3 is 1. The molecule has 0 atom stereocenters. The molecule has 0 bridgehead atoms. The van der Waals surface area contributed by atoms with Gasteiger partial charge in [0.2, 0.25) is 0 Å². The third-order valence-corrected chi connectivity index (χ3v) is 2.48. The van der Waals surface area contributed by atoms with E-state index in [9.17, 15) is 14.7 Å². The van der Waals surface area contributed by atoms with E-state index in [2.05, 4.69) is 4.74 Å². The number of hydrogen-bond acceptors (Lipinski definition) is 5. The highest BCUT2D eigenvalue weighted by molar-refractivity contribution is 6.39. The Morgan fingerprint density at radius 3 is 2.63 bits per heavy atom. The number of rotatable bonds is 5. The second kappa shape index (κ2) is 6.80. The van der Waals surface area contributed by atoms with E-state index in [4.69, 9.17) is 16.3 Å². The number of halogens is 1. The molecule has 0 spiro atoms. The van der Waals surface area contributed by atoms with Crippen LogP contribution in [0.25, 0.3) is 5.76 Å². The number of aliphatic hydroxyl groups is 1. The first-order valence-electron chi connectivity index (χ1n) is 5.45. The van der Waals surface area contributed by atoms with Crippen molar-refractivity contribution in [2.24, 2.45) is 0 Å². The van der Waals surface area contributed by atoms with Gasteiger partial charge in [-0.25, -0.2) is 4.79 Å². The molecule has 0 aliphatic heterocycles. The highest BCUT2D eigenvalue weighted by atomic mass is 35.5. The summed E-state index contributed by atoms with van der Waals surface area (Å²) in [6.45, 7) is 2.28. The number of hydrogen-bond donors (Lipinski definition) is 1. The van der Waals surface area contributed by atoms with E-state index in [0.717, 1.165) is 13.2 Å². The second-order valence-electron chi connectivity index (χ2n) is 3.46. The lowest BCUT2D eigenvalue weighted by atomic mass is 10.1. The van der Waals surface area contributed by atoms with Crippen LogP contribution >= 0.6 is 11.6 Å². The first-order valence-corrected chi connectivity index (χ1v) is 5.83. The maximum Gasteiger partial charge on any atom is 0.378 e. The number of esters is 1. The zero-order valence-electron chi connectivity index (χ0n) is 10.5. The van der Waals surface area contributed by atoms with Crippen LogP contribution < -0.4 is 4.74 Å². The highest BCUT2D eigenvalue weighted by Gasteiger charge is 2.13. The van der Waals surface area contributed by atoms with E-state index in [0.29, 0.717) is 22.9 Å². The molecule has 0 unspecified atom stereocenters. The van der Waals surface area contributed by atoms with Crippen molar-refractivity contribution in [3.63, 3.8) is 0 Å². The lowest BCUT2D eigenvalue weighted by Crippen LogP contribution is -2.13. The van der Waals surface area contributed by atoms with Crippen molar-refractivity contribution in [1.82, 2.24) is 0 Å². The van der Waals surface area contributed by atoms with E-state index in [1.54, 1.807) is 6.07 Å². The van der Waals surface area contributed by atoms with E-state index < -0.39 is 11.8 Å². The third kappa shape index (κ3) is 3.99. The monoisotopic (exact) mass is 284 g/mol. The summed E-state index contributed by atoms with van der Waals surface area (Å²) >= 11 is 5.94. The molecule has 0 aliphatic rings. The topological polar surface area (TPSA) is 72.8 Å². The van der Waals surface area contributed by atoms with Crippen LogP contribution in [0.5, 0.6) is 5.75 Å². The Hall–Kier alpha value is -2.01. The van der Waals surface area contributed by atoms with E-state index in [-0.39, 0.29) is 5.76 Å². The lowest BCUT2D eigenvalue weighted by molar-refractivity contribution is -0.149. The van der Waals surface area contributed by atoms with Gasteiger partial charge in [-0.1, -0.05) is 11.6 Å². The summed E-state index contributed by atoms with van der Waals surface area (Å²) in [6.07, 6.45) is 0.776. The minimum absolute atomic E-state index is 0.296. The van der Waals surface area contributed by atoms with Crippen LogP contribution in [0, 0.1) is 0 Å². The van der Waals surface area contributed by atoms with Gasteiger partial charge in [-0.15, -0.1) is 0 Å². The largest absolute Gasteiger partial charge is 0.507 e. The fraction of sp³-hybridized carbons (Fsp3) is 0.231. The Morgan fingerprint density at radius 2 is 2.11 bits per heavy atom. The number of carbonyl (C=O) groups is 2. The summed E-state index contributed by atoms with van der Waals surface area (Å²) in [7, 11) is 1.08. The zero-order valence-corrected chi connectivity index (χ0v) is 11.2. The fourth-order valence-corrected chi connectivity index (χ4v) is 1.53. The highest BCUT2D eigenvalue weighted by Crippen LogP contribution is 2.27. The van der Waals surface area contributed by atoms with Crippen molar-refractivity contribution < 1.29 is 24.2 Å². The van der Waals surface area contributed by atoms with Gasteiger partial charge in [0, 0.05) is 11.6 Å². The third-order valence-electron chi connectivity index (χ3n) is 2.18. The number of benzene rings is 1. The maximum absolute atomic E-state index is 11.2. The van der Waals surface area contributed by atoms with Crippen molar-refractivity contribution in [3.05, 3.63) is 34.9 Å². The standard InChI is InChI=1S/C13H13ClO5/c1-3-19-12-5-4-8(6-9(12)14)10(15)7-11(16)13(17)18-2/h4-7,15H,3H2,1-2H3. The normalized spacial score (nSPS) is 11.0. The van der Waals surface area contributed by atoms with Crippen LogP contribution in [-0.4, -0.2) is 30.6 Å². The quantitative estimate of drug-likeness (QED) is 0.389. The van der Waals surface area contributed by atoms with Crippen molar-refractivity contribution in [2.75, 3.05) is 13.7 Å². The molecule has 1 rings (SSSR count). The number of carbonyl (C=O) groups excluding carboxylic acids is 2. The average molecular weight is 285 g/mol. The Bertz CT molecular complexity index is 522. The molecular formula is C13H13ClO5. The summed E-state index contributed by atoms with van der Waals surface area (Å²) in [5, 5.41) is 10.0. The first-order chi connectivity index (χ1) is 8.99. The molecule has 5 nitrogen and oxygen atoms in total. The Kier molecular flexibility index (Phi) is 5.38. The Morgan fingerprint density at radius 1 is 1.42 bits per heavy atom. The van der Waals surface area contributed by atoms with Crippen LogP contribution in [0.4, 0.5) is 0 Å².